The van der Waals surface area contributed by atoms with E-state index in [0.29, 0.717) is 0 Å². The second-order valence-corrected chi connectivity index (χ2v) is 7.99. The lowest BCUT2D eigenvalue weighted by atomic mass is 9.78. The molecule has 0 aromatic heterocycles. The summed E-state index contributed by atoms with van der Waals surface area (Å²) in [5, 5.41) is 3.44. The second-order valence-electron chi connectivity index (χ2n) is 7.99. The van der Waals surface area contributed by atoms with Crippen molar-refractivity contribution in [2.45, 2.75) is 32.1 Å². The Hall–Kier alpha value is -2.80. The molecule has 1 nitrogen and oxygen atoms in total. The van der Waals surface area contributed by atoms with Gasteiger partial charge in [-0.1, -0.05) is 100 Å². The molecule has 0 aliphatic heterocycles. The Morgan fingerprint density at radius 1 is 0.852 bits per heavy atom. The van der Waals surface area contributed by atoms with Gasteiger partial charge in [-0.05, 0) is 39.3 Å². The molecule has 0 amide bonds. The van der Waals surface area contributed by atoms with Crippen LogP contribution >= 0.6 is 0 Å². The summed E-state index contributed by atoms with van der Waals surface area (Å²) in [6.45, 7) is 10.9. The number of anilines is 1. The number of hydrogen-bond acceptors (Lipinski definition) is 1. The molecule has 0 heterocycles. The Morgan fingerprint density at radius 2 is 1.37 bits per heavy atom. The first kappa shape index (κ1) is 19.0. The minimum absolute atomic E-state index is 0.0662. The molecule has 0 saturated carbocycles. The van der Waals surface area contributed by atoms with E-state index < -0.39 is 0 Å². The molecule has 0 atom stereocenters. The maximum absolute atomic E-state index is 4.07. The summed E-state index contributed by atoms with van der Waals surface area (Å²) < 4.78 is 0. The number of hydrogen-bond donors (Lipinski definition) is 1. The van der Waals surface area contributed by atoms with Crippen molar-refractivity contribution in [1.82, 2.24) is 0 Å². The van der Waals surface area contributed by atoms with Gasteiger partial charge in [-0.25, -0.2) is 0 Å². The molecule has 0 saturated heterocycles. The topological polar surface area (TPSA) is 12.0 Å². The van der Waals surface area contributed by atoms with Crippen molar-refractivity contribution in [3.05, 3.63) is 107 Å². The smallest absolute Gasteiger partial charge is 0.0453 e. The van der Waals surface area contributed by atoms with Gasteiger partial charge >= 0.3 is 0 Å². The van der Waals surface area contributed by atoms with Crippen molar-refractivity contribution in [3.8, 4) is 0 Å². The van der Waals surface area contributed by atoms with Crippen LogP contribution in [0.5, 0.6) is 0 Å². The first-order valence-corrected chi connectivity index (χ1v) is 9.54. The van der Waals surface area contributed by atoms with E-state index in [9.17, 15) is 0 Å². The molecule has 27 heavy (non-hydrogen) atoms. The molecule has 0 fully saturated rings. The molecule has 0 unspecified atom stereocenters. The summed E-state index contributed by atoms with van der Waals surface area (Å²) in [6, 6.07) is 26.1. The zero-order valence-corrected chi connectivity index (χ0v) is 16.8. The molecule has 1 heteroatoms. The molecule has 138 valence electrons. The number of rotatable bonds is 5. The zero-order chi connectivity index (χ0) is 19.4. The van der Waals surface area contributed by atoms with Crippen LogP contribution in [0.3, 0.4) is 0 Å². The molecule has 3 aromatic rings. The van der Waals surface area contributed by atoms with Gasteiger partial charge in [0.05, 0.1) is 0 Å². The molecular formula is C26H29N. The Labute approximate surface area is 163 Å². The molecule has 3 rings (SSSR count). The van der Waals surface area contributed by atoms with Crippen LogP contribution in [0.1, 0.15) is 54.5 Å². The highest BCUT2D eigenvalue weighted by atomic mass is 14.8. The number of nitrogens with one attached hydrogen (secondary N) is 1. The van der Waals surface area contributed by atoms with Gasteiger partial charge in [-0.2, -0.15) is 0 Å². The molecule has 1 N–H and O–H groups in total. The number of benzene rings is 3. The SMILES string of the molecule is C=Cc1cc(C(C)(C)C)cc(C(c2ccccc2)c2ccccc2)c1NC. The van der Waals surface area contributed by atoms with E-state index in [4.69, 9.17) is 0 Å². The third-order valence-electron chi connectivity index (χ3n) is 5.11. The fourth-order valence-corrected chi connectivity index (χ4v) is 3.64. The molecule has 0 aliphatic rings. The standard InChI is InChI=1S/C26H29N/c1-6-19-17-22(26(2,3)4)18-23(25(19)27-5)24(20-13-9-7-10-14-20)21-15-11-8-12-16-21/h6-18,24,27H,1H2,2-5H3. The van der Waals surface area contributed by atoms with Gasteiger partial charge in [-0.3, -0.25) is 0 Å². The molecule has 0 bridgehead atoms. The van der Waals surface area contributed by atoms with Crippen LogP contribution in [0.2, 0.25) is 0 Å². The quantitative estimate of drug-likeness (QED) is 0.494. The van der Waals surface area contributed by atoms with Crippen LogP contribution in [0.15, 0.2) is 79.4 Å². The van der Waals surface area contributed by atoms with Gasteiger partial charge in [0.2, 0.25) is 0 Å². The summed E-state index contributed by atoms with van der Waals surface area (Å²) in [5.41, 5.74) is 7.56. The van der Waals surface area contributed by atoms with Crippen molar-refractivity contribution in [1.29, 1.82) is 0 Å². The summed E-state index contributed by atoms with van der Waals surface area (Å²) >= 11 is 0. The van der Waals surface area contributed by atoms with E-state index in [1.807, 2.05) is 13.1 Å². The van der Waals surface area contributed by atoms with Crippen LogP contribution < -0.4 is 5.32 Å². The van der Waals surface area contributed by atoms with E-state index in [1.54, 1.807) is 0 Å². The maximum Gasteiger partial charge on any atom is 0.0453 e. The van der Waals surface area contributed by atoms with Crippen molar-refractivity contribution in [2.24, 2.45) is 0 Å². The molecule has 0 aliphatic carbocycles. The zero-order valence-electron chi connectivity index (χ0n) is 16.8. The third kappa shape index (κ3) is 3.98. The van der Waals surface area contributed by atoms with Crippen molar-refractivity contribution in [2.75, 3.05) is 12.4 Å². The van der Waals surface area contributed by atoms with Crippen LogP contribution in [0, 0.1) is 0 Å². The minimum atomic E-state index is 0.0662. The predicted octanol–water partition coefficient (Wildman–Crippen LogP) is 6.85. The van der Waals surface area contributed by atoms with Crippen molar-refractivity contribution < 1.29 is 0 Å². The predicted molar refractivity (Wildman–Crippen MR) is 119 cm³/mol. The Kier molecular flexibility index (Phi) is 5.51. The highest BCUT2D eigenvalue weighted by molar-refractivity contribution is 5.73. The molecule has 3 aromatic carbocycles. The summed E-state index contributed by atoms with van der Waals surface area (Å²) in [4.78, 5) is 0. The molecule has 0 radical (unpaired) electrons. The average molecular weight is 356 g/mol. The van der Waals surface area contributed by atoms with Gasteiger partial charge in [0, 0.05) is 18.7 Å². The Bertz CT molecular complexity index is 863. The third-order valence-corrected chi connectivity index (χ3v) is 5.11. The first-order valence-electron chi connectivity index (χ1n) is 9.54. The van der Waals surface area contributed by atoms with Crippen LogP contribution in [0.4, 0.5) is 5.69 Å². The highest BCUT2D eigenvalue weighted by Crippen LogP contribution is 2.40. The first-order chi connectivity index (χ1) is 13.0. The normalized spacial score (nSPS) is 11.4. The fraction of sp³-hybridized carbons (Fsp3) is 0.231. The van der Waals surface area contributed by atoms with E-state index in [-0.39, 0.29) is 11.3 Å². The van der Waals surface area contributed by atoms with Crippen LogP contribution in [0.25, 0.3) is 6.08 Å². The Balaban J connectivity index is 2.33. The lowest BCUT2D eigenvalue weighted by molar-refractivity contribution is 0.589. The summed E-state index contributed by atoms with van der Waals surface area (Å²) in [5.74, 6) is 0.163. The van der Waals surface area contributed by atoms with Crippen LogP contribution in [-0.2, 0) is 5.41 Å². The van der Waals surface area contributed by atoms with Crippen LogP contribution in [-0.4, -0.2) is 7.05 Å². The van der Waals surface area contributed by atoms with E-state index in [0.717, 1.165) is 11.3 Å². The molecule has 0 spiro atoms. The largest absolute Gasteiger partial charge is 0.387 e. The lowest BCUT2D eigenvalue weighted by Gasteiger charge is -2.27. The van der Waals surface area contributed by atoms with Crippen molar-refractivity contribution >= 4 is 11.8 Å². The van der Waals surface area contributed by atoms with Gasteiger partial charge in [-0.15, -0.1) is 0 Å². The minimum Gasteiger partial charge on any atom is -0.387 e. The van der Waals surface area contributed by atoms with Gasteiger partial charge < -0.3 is 5.32 Å². The summed E-state index contributed by atoms with van der Waals surface area (Å²) in [6.07, 6.45) is 1.96. The van der Waals surface area contributed by atoms with E-state index >= 15 is 0 Å². The highest BCUT2D eigenvalue weighted by Gasteiger charge is 2.24. The van der Waals surface area contributed by atoms with Gasteiger partial charge in [0.1, 0.15) is 0 Å². The summed E-state index contributed by atoms with van der Waals surface area (Å²) in [7, 11) is 2.00. The van der Waals surface area contributed by atoms with E-state index in [1.165, 1.54) is 22.3 Å². The van der Waals surface area contributed by atoms with Gasteiger partial charge in [0.15, 0.2) is 0 Å². The maximum atomic E-state index is 4.07. The fourth-order valence-electron chi connectivity index (χ4n) is 3.64. The lowest BCUT2D eigenvalue weighted by Crippen LogP contribution is -2.15. The monoisotopic (exact) mass is 355 g/mol. The molecular weight excluding hydrogens is 326 g/mol. The van der Waals surface area contributed by atoms with Gasteiger partial charge in [0.25, 0.3) is 0 Å². The average Bonchev–Trinajstić information content (AvgIpc) is 2.68. The van der Waals surface area contributed by atoms with E-state index in [2.05, 4.69) is 105 Å². The second kappa shape index (κ2) is 7.84. The Morgan fingerprint density at radius 3 is 1.78 bits per heavy atom. The van der Waals surface area contributed by atoms with Crippen molar-refractivity contribution in [3.63, 3.8) is 0 Å².